The molecular formula is C25H26N4O6S2. The van der Waals surface area contributed by atoms with Gasteiger partial charge in [-0.1, -0.05) is 42.5 Å². The lowest BCUT2D eigenvalue weighted by Crippen LogP contribution is -2.48. The molecule has 194 valence electrons. The summed E-state index contributed by atoms with van der Waals surface area (Å²) in [7, 11) is -9.04. The number of fused-ring (bicyclic) bond motifs is 1. The predicted octanol–water partition coefficient (Wildman–Crippen LogP) is 1.37. The molecule has 10 nitrogen and oxygen atoms in total. The number of sulfone groups is 1. The second-order valence-corrected chi connectivity index (χ2v) is 13.1. The highest BCUT2D eigenvalue weighted by molar-refractivity contribution is 8.07. The fourth-order valence-corrected chi connectivity index (χ4v) is 9.17. The molecule has 0 bridgehead atoms. The molecule has 2 atom stereocenters. The Bertz CT molecular complexity index is 1590. The molecule has 1 saturated heterocycles. The number of hydrogen-bond acceptors (Lipinski definition) is 8. The van der Waals surface area contributed by atoms with Gasteiger partial charge in [0, 0.05) is 31.7 Å². The number of sulfonamides is 1. The first kappa shape index (κ1) is 26.7. The van der Waals surface area contributed by atoms with Crippen LogP contribution in [0.2, 0.25) is 0 Å². The summed E-state index contributed by atoms with van der Waals surface area (Å²) in [5.41, 5.74) is 5.61. The minimum Gasteiger partial charge on any atom is -0.480 e. The van der Waals surface area contributed by atoms with Gasteiger partial charge in [-0.15, -0.1) is 0 Å². The van der Waals surface area contributed by atoms with Crippen molar-refractivity contribution in [3.8, 4) is 6.07 Å². The van der Waals surface area contributed by atoms with Gasteiger partial charge in [-0.2, -0.15) is 9.57 Å². The van der Waals surface area contributed by atoms with E-state index in [1.54, 1.807) is 18.2 Å². The quantitative estimate of drug-likeness (QED) is 0.380. The van der Waals surface area contributed by atoms with Crippen molar-refractivity contribution in [1.29, 1.82) is 5.26 Å². The molecule has 0 saturated carbocycles. The van der Waals surface area contributed by atoms with Crippen molar-refractivity contribution < 1.29 is 26.7 Å². The van der Waals surface area contributed by atoms with Crippen molar-refractivity contribution in [1.82, 2.24) is 9.62 Å². The number of hydrogen-bond donors (Lipinski definition) is 3. The van der Waals surface area contributed by atoms with Gasteiger partial charge in [0.05, 0.1) is 16.5 Å². The van der Waals surface area contributed by atoms with Crippen LogP contribution in [0.15, 0.2) is 65.6 Å². The first-order valence-electron chi connectivity index (χ1n) is 11.5. The molecule has 0 radical (unpaired) electrons. The van der Waals surface area contributed by atoms with Gasteiger partial charge in [0.15, 0.2) is 0 Å². The van der Waals surface area contributed by atoms with Crippen LogP contribution >= 0.6 is 0 Å². The summed E-state index contributed by atoms with van der Waals surface area (Å²) in [6.07, 6.45) is -0.114. The number of piperazine rings is 1. The lowest BCUT2D eigenvalue weighted by molar-refractivity contribution is -0.138. The minimum absolute atomic E-state index is 0.0828. The number of nitrogens with zero attached hydrogens (tertiary/aromatic N) is 2. The topological polar surface area (TPSA) is 171 Å². The van der Waals surface area contributed by atoms with E-state index >= 15 is 0 Å². The number of nitrogens with two attached hydrogens (primary N) is 1. The van der Waals surface area contributed by atoms with Crippen molar-refractivity contribution in [3.63, 3.8) is 0 Å². The number of benzene rings is 3. The molecule has 1 fully saturated rings. The highest BCUT2D eigenvalue weighted by atomic mass is 32.3. The molecule has 0 aliphatic carbocycles. The average Bonchev–Trinajstić information content (AvgIpc) is 2.89. The predicted molar refractivity (Wildman–Crippen MR) is 138 cm³/mol. The van der Waals surface area contributed by atoms with Crippen LogP contribution < -0.4 is 11.1 Å². The normalized spacial score (nSPS) is 16.6. The molecule has 0 aromatic heterocycles. The van der Waals surface area contributed by atoms with Gasteiger partial charge in [-0.25, -0.2) is 16.8 Å². The van der Waals surface area contributed by atoms with Gasteiger partial charge in [-0.05, 0) is 41.0 Å². The fraction of sp³-hybridized carbons (Fsp3) is 0.280. The summed E-state index contributed by atoms with van der Waals surface area (Å²) in [5.74, 6) is -1.24. The zero-order valence-electron chi connectivity index (χ0n) is 19.7. The molecule has 3 aromatic rings. The van der Waals surface area contributed by atoms with E-state index in [2.05, 4.69) is 5.32 Å². The number of nitriles is 1. The second-order valence-electron chi connectivity index (χ2n) is 8.76. The molecule has 0 amide bonds. The van der Waals surface area contributed by atoms with Crippen LogP contribution in [0.4, 0.5) is 0 Å². The minimum atomic E-state index is -4.55. The van der Waals surface area contributed by atoms with Crippen LogP contribution in [0.1, 0.15) is 21.3 Å². The Morgan fingerprint density at radius 2 is 1.70 bits per heavy atom. The SMILES string of the molecule is N#Cc1cc(C[C@H](N)C(=O)O)ccc1C(S(=O)(=O)c1ccc2ccccc2c1)S(=O)(=O)N1CCNCC1. The molecule has 3 aromatic carbocycles. The third-order valence-corrected chi connectivity index (χ3v) is 11.4. The molecular weight excluding hydrogens is 516 g/mol. The van der Waals surface area contributed by atoms with Crippen molar-refractivity contribution >= 4 is 36.6 Å². The van der Waals surface area contributed by atoms with E-state index in [-0.39, 0.29) is 35.5 Å². The van der Waals surface area contributed by atoms with Crippen molar-refractivity contribution in [2.45, 2.75) is 21.9 Å². The maximum atomic E-state index is 14.1. The van der Waals surface area contributed by atoms with E-state index < -0.39 is 36.5 Å². The van der Waals surface area contributed by atoms with E-state index in [1.807, 2.05) is 18.2 Å². The molecule has 12 heteroatoms. The number of nitrogens with one attached hydrogen (secondary N) is 1. The van der Waals surface area contributed by atoms with Gasteiger partial charge >= 0.3 is 5.97 Å². The van der Waals surface area contributed by atoms with Gasteiger partial charge in [0.25, 0.3) is 0 Å². The van der Waals surface area contributed by atoms with E-state index in [0.717, 1.165) is 9.69 Å². The largest absolute Gasteiger partial charge is 0.480 e. The Labute approximate surface area is 215 Å². The summed E-state index contributed by atoms with van der Waals surface area (Å²) in [6.45, 7) is 0.886. The van der Waals surface area contributed by atoms with Crippen LogP contribution in [-0.4, -0.2) is 64.4 Å². The molecule has 4 N–H and O–H groups in total. The third kappa shape index (κ3) is 5.36. The lowest BCUT2D eigenvalue weighted by atomic mass is 10.0. The first-order valence-corrected chi connectivity index (χ1v) is 14.5. The number of aliphatic carboxylic acids is 1. The van der Waals surface area contributed by atoms with Crippen molar-refractivity contribution in [2.24, 2.45) is 5.73 Å². The molecule has 4 rings (SSSR count). The van der Waals surface area contributed by atoms with E-state index in [0.29, 0.717) is 24.0 Å². The summed E-state index contributed by atoms with van der Waals surface area (Å²) < 4.78 is 55.0. The van der Waals surface area contributed by atoms with Gasteiger partial charge in [-0.3, -0.25) is 4.79 Å². The maximum absolute atomic E-state index is 14.1. The van der Waals surface area contributed by atoms with Crippen LogP contribution in [-0.2, 0) is 31.1 Å². The first-order chi connectivity index (χ1) is 17.6. The molecule has 1 aliphatic rings. The van der Waals surface area contributed by atoms with Gasteiger partial charge in [0.2, 0.25) is 24.4 Å². The second kappa shape index (κ2) is 10.6. The highest BCUT2D eigenvalue weighted by Crippen LogP contribution is 2.38. The van der Waals surface area contributed by atoms with E-state index in [4.69, 9.17) is 10.8 Å². The highest BCUT2D eigenvalue weighted by Gasteiger charge is 2.45. The third-order valence-electron chi connectivity index (χ3n) is 6.30. The maximum Gasteiger partial charge on any atom is 0.320 e. The number of carbonyl (C=O) groups is 1. The summed E-state index contributed by atoms with van der Waals surface area (Å²) >= 11 is 0. The molecule has 1 aliphatic heterocycles. The zero-order chi connectivity index (χ0) is 26.8. The number of carboxylic acid groups (broad SMARTS) is 1. The summed E-state index contributed by atoms with van der Waals surface area (Å²) in [5, 5.41) is 23.5. The molecule has 37 heavy (non-hydrogen) atoms. The Morgan fingerprint density at radius 3 is 2.35 bits per heavy atom. The summed E-state index contributed by atoms with van der Waals surface area (Å²) in [6, 6.07) is 16.2. The van der Waals surface area contributed by atoms with Crippen LogP contribution in [0, 0.1) is 11.3 Å². The number of rotatable bonds is 8. The standard InChI is InChI=1S/C25H26N4O6S2/c26-16-20-13-17(14-23(27)24(30)31)5-8-22(20)25(37(34,35)29-11-9-28-10-12-29)36(32,33)21-7-6-18-3-1-2-4-19(18)15-21/h1-8,13,15,23,25,28H,9-12,14,27H2,(H,30,31)/t23-,25?/m0/s1. The monoisotopic (exact) mass is 542 g/mol. The Balaban J connectivity index is 1.89. The van der Waals surface area contributed by atoms with Crippen molar-refractivity contribution in [3.05, 3.63) is 77.4 Å². The molecule has 1 heterocycles. The van der Waals surface area contributed by atoms with E-state index in [1.165, 1.54) is 30.3 Å². The van der Waals surface area contributed by atoms with Gasteiger partial charge < -0.3 is 16.2 Å². The van der Waals surface area contributed by atoms with Crippen molar-refractivity contribution in [2.75, 3.05) is 26.2 Å². The Hall–Kier alpha value is -3.34. The van der Waals surface area contributed by atoms with Crippen LogP contribution in [0.3, 0.4) is 0 Å². The number of carboxylic acids is 1. The summed E-state index contributed by atoms with van der Waals surface area (Å²) in [4.78, 5) is 11.0. The lowest BCUT2D eigenvalue weighted by Gasteiger charge is -2.31. The Kier molecular flexibility index (Phi) is 7.63. The fourth-order valence-electron chi connectivity index (χ4n) is 4.36. The zero-order valence-corrected chi connectivity index (χ0v) is 21.4. The van der Waals surface area contributed by atoms with E-state index in [9.17, 15) is 26.9 Å². The Morgan fingerprint density at radius 1 is 1.03 bits per heavy atom. The van der Waals surface area contributed by atoms with Crippen LogP contribution in [0.25, 0.3) is 10.8 Å². The molecule has 0 spiro atoms. The average molecular weight is 543 g/mol. The van der Waals surface area contributed by atoms with Gasteiger partial charge in [0.1, 0.15) is 6.04 Å². The van der Waals surface area contributed by atoms with Crippen LogP contribution in [0.5, 0.6) is 0 Å². The molecule has 1 unspecified atom stereocenters. The smallest absolute Gasteiger partial charge is 0.320 e.